The van der Waals surface area contributed by atoms with E-state index in [0.717, 1.165) is 5.57 Å². The van der Waals surface area contributed by atoms with E-state index in [1.54, 1.807) is 58.0 Å². The second-order valence-electron chi connectivity index (χ2n) is 19.5. The molecule has 1 aromatic carbocycles. The summed E-state index contributed by atoms with van der Waals surface area (Å²) in [6.45, 7) is 19.2. The predicted molar refractivity (Wildman–Crippen MR) is 213 cm³/mol. The van der Waals surface area contributed by atoms with E-state index >= 15 is 0 Å². The van der Waals surface area contributed by atoms with Crippen LogP contribution in [0, 0.1) is 22.7 Å². The summed E-state index contributed by atoms with van der Waals surface area (Å²) in [6, 6.07) is 7.57. The molecule has 1 amide bonds. The molecule has 330 valence electrons. The van der Waals surface area contributed by atoms with Crippen molar-refractivity contribution < 1.29 is 67.3 Å². The van der Waals surface area contributed by atoms with Crippen molar-refractivity contribution in [1.82, 2.24) is 5.32 Å². The summed E-state index contributed by atoms with van der Waals surface area (Å²) in [5.41, 5.74) is -2.45. The highest BCUT2D eigenvalue weighted by molar-refractivity contribution is 5.89. The number of nitrogens with one attached hydrogen (secondary N) is 1. The Balaban J connectivity index is 1.34. The molecule has 6 aliphatic rings. The molecule has 14 atom stereocenters. The molecule has 7 rings (SSSR count). The van der Waals surface area contributed by atoms with Gasteiger partial charge in [0.15, 0.2) is 29.9 Å². The maximum absolute atomic E-state index is 14.1. The van der Waals surface area contributed by atoms with E-state index in [-0.39, 0.29) is 25.4 Å². The molecule has 1 aromatic rings. The lowest BCUT2D eigenvalue weighted by Gasteiger charge is -2.70. The van der Waals surface area contributed by atoms with Crippen LogP contribution in [0.3, 0.4) is 0 Å². The Bertz CT molecular complexity index is 1930. The van der Waals surface area contributed by atoms with Crippen LogP contribution in [-0.4, -0.2) is 113 Å². The minimum absolute atomic E-state index is 0.00811. The first kappa shape index (κ1) is 44.2. The third-order valence-corrected chi connectivity index (χ3v) is 13.4. The largest absolute Gasteiger partial charge is 0.456 e. The normalized spacial score (nSPS) is 38.5. The van der Waals surface area contributed by atoms with E-state index in [4.69, 9.17) is 37.9 Å². The number of aliphatic hydroxyl groups excluding tert-OH is 1. The summed E-state index contributed by atoms with van der Waals surface area (Å²) in [5, 5.41) is 26.6. The van der Waals surface area contributed by atoms with Crippen molar-refractivity contribution in [2.75, 3.05) is 6.61 Å². The Morgan fingerprint density at radius 1 is 1.00 bits per heavy atom. The van der Waals surface area contributed by atoms with E-state index in [1.165, 1.54) is 13.8 Å². The average Bonchev–Trinajstić information content (AvgIpc) is 3.41. The van der Waals surface area contributed by atoms with Gasteiger partial charge in [-0.25, -0.2) is 14.4 Å². The number of carbonyl (C=O) groups is 4. The fraction of sp³-hybridized carbons (Fsp3) is 0.689. The van der Waals surface area contributed by atoms with Crippen molar-refractivity contribution in [2.45, 2.75) is 167 Å². The molecule has 3 aliphatic carbocycles. The number of amides is 1. The highest BCUT2D eigenvalue weighted by Crippen LogP contribution is 2.74. The molecule has 14 unspecified atom stereocenters. The van der Waals surface area contributed by atoms with Crippen molar-refractivity contribution in [2.24, 2.45) is 22.7 Å². The number of esters is 3. The second-order valence-corrected chi connectivity index (χ2v) is 19.5. The Morgan fingerprint density at radius 2 is 1.68 bits per heavy atom. The zero-order chi connectivity index (χ0) is 43.9. The van der Waals surface area contributed by atoms with Crippen molar-refractivity contribution >= 4 is 24.0 Å². The molecule has 0 aromatic heterocycles. The standard InChI is InChI=1S/C45H61NO14/c1-22(2)17-27(46-40(51)60-41(7,8)9)33(48)39(50)55-28-20-44-32(24(28)5)34(54-25(6)47)36-42(10)29(56-31(57-36)18-23(3)4)19-30-45(21-53-30,35(42)37(44)58-43(44,11)52)59-38(49)26-15-13-12-14-16-26/h12-16,18,22,27-31,33-37,48,52H,17,19-21H2,1-11H3,(H,46,51). The molecule has 3 saturated heterocycles. The number of allylic oxidation sites excluding steroid dienone is 1. The smallest absolute Gasteiger partial charge is 0.407 e. The van der Waals surface area contributed by atoms with Gasteiger partial charge in [0.1, 0.15) is 23.9 Å². The topological polar surface area (TPSA) is 195 Å². The van der Waals surface area contributed by atoms with Gasteiger partial charge in [0, 0.05) is 31.1 Å². The summed E-state index contributed by atoms with van der Waals surface area (Å²) < 4.78 is 51.0. The van der Waals surface area contributed by atoms with Crippen LogP contribution in [0.4, 0.5) is 4.79 Å². The molecule has 1 spiro atoms. The van der Waals surface area contributed by atoms with Gasteiger partial charge in [0.2, 0.25) is 0 Å². The molecular weight excluding hydrogens is 778 g/mol. The maximum atomic E-state index is 14.1. The molecule has 5 fully saturated rings. The first-order valence-corrected chi connectivity index (χ1v) is 21.0. The van der Waals surface area contributed by atoms with E-state index < -0.39 is 113 Å². The van der Waals surface area contributed by atoms with Gasteiger partial charge in [-0.05, 0) is 90.2 Å². The lowest BCUT2D eigenvalue weighted by molar-refractivity contribution is -0.450. The summed E-state index contributed by atoms with van der Waals surface area (Å²) in [5.74, 6) is -4.95. The molecule has 15 heteroatoms. The minimum atomic E-state index is -1.92. The van der Waals surface area contributed by atoms with Crippen LogP contribution in [-0.2, 0) is 47.5 Å². The van der Waals surface area contributed by atoms with E-state index in [0.29, 0.717) is 23.1 Å². The molecule has 3 heterocycles. The first-order chi connectivity index (χ1) is 27.9. The second kappa shape index (κ2) is 15.5. The molecule has 3 aliphatic heterocycles. The number of aliphatic hydroxyl groups is 2. The molecular formula is C45H61NO14. The number of rotatable bonds is 10. The number of ether oxygens (including phenoxy) is 8. The zero-order valence-electron chi connectivity index (χ0n) is 36.4. The fourth-order valence-corrected chi connectivity index (χ4v) is 10.9. The van der Waals surface area contributed by atoms with Crippen molar-refractivity contribution in [3.05, 3.63) is 58.7 Å². The van der Waals surface area contributed by atoms with Crippen molar-refractivity contribution in [1.29, 1.82) is 0 Å². The molecule has 2 saturated carbocycles. The number of hydrogen-bond donors (Lipinski definition) is 3. The lowest BCUT2D eigenvalue weighted by Crippen LogP contribution is -2.83. The molecule has 3 N–H and O–H groups in total. The highest BCUT2D eigenvalue weighted by Gasteiger charge is 2.85. The number of fused-ring (bicyclic) bond motifs is 3. The van der Waals surface area contributed by atoms with Gasteiger partial charge in [0.05, 0.1) is 35.8 Å². The van der Waals surface area contributed by atoms with Gasteiger partial charge in [-0.3, -0.25) is 4.79 Å². The summed E-state index contributed by atoms with van der Waals surface area (Å²) in [4.78, 5) is 54.2. The number of benzene rings is 1. The first-order valence-electron chi connectivity index (χ1n) is 21.0. The average molecular weight is 840 g/mol. The van der Waals surface area contributed by atoms with Crippen LogP contribution in [0.25, 0.3) is 0 Å². The van der Waals surface area contributed by atoms with Gasteiger partial charge in [0.25, 0.3) is 0 Å². The van der Waals surface area contributed by atoms with Crippen LogP contribution in [0.15, 0.2) is 53.1 Å². The van der Waals surface area contributed by atoms with Gasteiger partial charge >= 0.3 is 24.0 Å². The van der Waals surface area contributed by atoms with Crippen molar-refractivity contribution in [3.8, 4) is 0 Å². The van der Waals surface area contributed by atoms with Crippen LogP contribution in [0.1, 0.15) is 106 Å². The highest BCUT2D eigenvalue weighted by atomic mass is 16.7. The molecule has 0 radical (unpaired) electrons. The van der Waals surface area contributed by atoms with Gasteiger partial charge in [-0.2, -0.15) is 0 Å². The number of carbonyl (C=O) groups excluding carboxylic acids is 4. The predicted octanol–water partition coefficient (Wildman–Crippen LogP) is 5.05. The molecule has 15 nitrogen and oxygen atoms in total. The van der Waals surface area contributed by atoms with E-state index in [9.17, 15) is 29.4 Å². The monoisotopic (exact) mass is 839 g/mol. The van der Waals surface area contributed by atoms with Gasteiger partial charge < -0.3 is 53.4 Å². The Morgan fingerprint density at radius 3 is 2.25 bits per heavy atom. The van der Waals surface area contributed by atoms with Crippen LogP contribution in [0.5, 0.6) is 0 Å². The number of alkyl carbamates (subject to hydrolysis) is 1. The summed E-state index contributed by atoms with van der Waals surface area (Å²) in [6.07, 6.45) is -6.47. The SMILES string of the molecule is CC(=O)OC1C2=C(C)C(OC(=O)C(O)C(CC(C)C)NC(=O)OC(C)(C)C)CC23C(OC3(C)O)C2C3(OC(=O)c4ccccc4)COC3CC3OC(C=C(C)C)OC1C32C. The van der Waals surface area contributed by atoms with Crippen molar-refractivity contribution in [3.63, 3.8) is 0 Å². The minimum Gasteiger partial charge on any atom is -0.456 e. The molecule has 60 heavy (non-hydrogen) atoms. The maximum Gasteiger partial charge on any atom is 0.407 e. The van der Waals surface area contributed by atoms with Crippen LogP contribution < -0.4 is 5.32 Å². The van der Waals surface area contributed by atoms with Gasteiger partial charge in [-0.1, -0.05) is 44.5 Å². The Labute approximate surface area is 351 Å². The van der Waals surface area contributed by atoms with Gasteiger partial charge in [-0.15, -0.1) is 0 Å². The Kier molecular flexibility index (Phi) is 11.4. The Hall–Kier alpha value is -3.86. The summed E-state index contributed by atoms with van der Waals surface area (Å²) >= 11 is 0. The molecule has 0 bridgehead atoms. The third-order valence-electron chi connectivity index (χ3n) is 13.4. The van der Waals surface area contributed by atoms with Crippen LogP contribution >= 0.6 is 0 Å². The van der Waals surface area contributed by atoms with E-state index in [1.807, 2.05) is 40.7 Å². The quantitative estimate of drug-likeness (QED) is 0.161. The summed E-state index contributed by atoms with van der Waals surface area (Å²) in [7, 11) is 0. The zero-order valence-corrected chi connectivity index (χ0v) is 36.4. The third kappa shape index (κ3) is 7.26. The fourth-order valence-electron chi connectivity index (χ4n) is 10.9. The lowest BCUT2D eigenvalue weighted by atomic mass is 9.48. The van der Waals surface area contributed by atoms with Crippen LogP contribution in [0.2, 0.25) is 0 Å². The number of hydrogen-bond acceptors (Lipinski definition) is 14. The van der Waals surface area contributed by atoms with E-state index in [2.05, 4.69) is 5.32 Å².